The number of rotatable bonds is 3. The zero-order valence-corrected chi connectivity index (χ0v) is 14.3. The predicted octanol–water partition coefficient (Wildman–Crippen LogP) is 4.18. The highest BCUT2D eigenvalue weighted by atomic mass is 35.5. The quantitative estimate of drug-likeness (QED) is 0.767. The van der Waals surface area contributed by atoms with Crippen molar-refractivity contribution < 1.29 is 4.79 Å². The summed E-state index contributed by atoms with van der Waals surface area (Å²) in [4.78, 5) is 12.9. The maximum atomic E-state index is 12.4. The van der Waals surface area contributed by atoms with Gasteiger partial charge in [-0.15, -0.1) is 11.3 Å². The fourth-order valence-corrected chi connectivity index (χ4v) is 3.87. The van der Waals surface area contributed by atoms with E-state index in [0.717, 1.165) is 21.3 Å². The highest BCUT2D eigenvalue weighted by molar-refractivity contribution is 7.21. The summed E-state index contributed by atoms with van der Waals surface area (Å²) >= 11 is 13.6. The van der Waals surface area contributed by atoms with E-state index in [2.05, 4.69) is 10.4 Å². The van der Waals surface area contributed by atoms with Crippen LogP contribution in [0.15, 0.2) is 24.4 Å². The van der Waals surface area contributed by atoms with Crippen LogP contribution in [0.25, 0.3) is 10.1 Å². The van der Waals surface area contributed by atoms with Crippen molar-refractivity contribution in [1.29, 1.82) is 0 Å². The molecule has 0 radical (unpaired) electrons. The van der Waals surface area contributed by atoms with Crippen molar-refractivity contribution >= 4 is 50.5 Å². The molecule has 1 aromatic carbocycles. The van der Waals surface area contributed by atoms with Crippen LogP contribution in [0.3, 0.4) is 0 Å². The van der Waals surface area contributed by atoms with Crippen molar-refractivity contribution in [3.8, 4) is 0 Å². The Morgan fingerprint density at radius 1 is 1.41 bits per heavy atom. The van der Waals surface area contributed by atoms with E-state index >= 15 is 0 Å². The zero-order valence-electron chi connectivity index (χ0n) is 12.0. The second-order valence-corrected chi connectivity index (χ2v) is 6.81. The minimum absolute atomic E-state index is 0.189. The van der Waals surface area contributed by atoms with Crippen molar-refractivity contribution in [1.82, 2.24) is 15.1 Å². The molecule has 3 rings (SSSR count). The van der Waals surface area contributed by atoms with Gasteiger partial charge in [-0.05, 0) is 19.1 Å². The van der Waals surface area contributed by atoms with E-state index in [1.165, 1.54) is 11.3 Å². The molecule has 0 saturated heterocycles. The summed E-state index contributed by atoms with van der Waals surface area (Å²) in [7, 11) is 1.87. The summed E-state index contributed by atoms with van der Waals surface area (Å²) in [6, 6.07) is 5.41. The molecule has 0 atom stereocenters. The summed E-state index contributed by atoms with van der Waals surface area (Å²) in [6.45, 7) is 2.38. The molecule has 4 nitrogen and oxygen atoms in total. The van der Waals surface area contributed by atoms with Crippen LogP contribution in [0.4, 0.5) is 0 Å². The van der Waals surface area contributed by atoms with Gasteiger partial charge in [-0.3, -0.25) is 9.48 Å². The van der Waals surface area contributed by atoms with Gasteiger partial charge < -0.3 is 5.32 Å². The number of thiophene rings is 1. The molecule has 7 heteroatoms. The predicted molar refractivity (Wildman–Crippen MR) is 91.0 cm³/mol. The van der Waals surface area contributed by atoms with Crippen molar-refractivity contribution in [2.75, 3.05) is 0 Å². The van der Waals surface area contributed by atoms with Gasteiger partial charge in [0.05, 0.1) is 11.2 Å². The lowest BCUT2D eigenvalue weighted by Gasteiger charge is -2.03. The van der Waals surface area contributed by atoms with Crippen LogP contribution in [0.5, 0.6) is 0 Å². The second-order valence-electron chi connectivity index (χ2n) is 4.95. The molecule has 0 fully saturated rings. The standard InChI is InChI=1S/C15H13Cl2N3OS/c1-8-9(7-19-20(8)2)6-18-15(21)14-13(17)11-4-3-10(16)5-12(11)22-14/h3-5,7H,6H2,1-2H3,(H,18,21). The number of benzene rings is 1. The maximum absolute atomic E-state index is 12.4. The van der Waals surface area contributed by atoms with E-state index < -0.39 is 0 Å². The van der Waals surface area contributed by atoms with Crippen LogP contribution in [0.1, 0.15) is 20.9 Å². The van der Waals surface area contributed by atoms with Gasteiger partial charge in [-0.1, -0.05) is 29.3 Å². The van der Waals surface area contributed by atoms with Crippen LogP contribution in [0.2, 0.25) is 10.0 Å². The lowest BCUT2D eigenvalue weighted by atomic mass is 10.2. The first kappa shape index (κ1) is 15.3. The molecule has 0 unspecified atom stereocenters. The highest BCUT2D eigenvalue weighted by Crippen LogP contribution is 2.36. The van der Waals surface area contributed by atoms with Gasteiger partial charge in [-0.25, -0.2) is 0 Å². The number of fused-ring (bicyclic) bond motifs is 1. The Balaban J connectivity index is 1.83. The van der Waals surface area contributed by atoms with Gasteiger partial charge >= 0.3 is 0 Å². The smallest absolute Gasteiger partial charge is 0.263 e. The molecule has 0 aliphatic carbocycles. The van der Waals surface area contributed by atoms with E-state index in [1.54, 1.807) is 16.9 Å². The van der Waals surface area contributed by atoms with E-state index in [9.17, 15) is 4.79 Å². The summed E-state index contributed by atoms with van der Waals surface area (Å²) in [5, 5.41) is 8.99. The number of hydrogen-bond donors (Lipinski definition) is 1. The summed E-state index contributed by atoms with van der Waals surface area (Å²) in [5.41, 5.74) is 2.01. The molecule has 0 aliphatic rings. The zero-order chi connectivity index (χ0) is 15.9. The van der Waals surface area contributed by atoms with Crippen LogP contribution in [-0.2, 0) is 13.6 Å². The molecule has 0 saturated carbocycles. The van der Waals surface area contributed by atoms with Gasteiger partial charge in [0.15, 0.2) is 0 Å². The monoisotopic (exact) mass is 353 g/mol. The molecular weight excluding hydrogens is 341 g/mol. The Morgan fingerprint density at radius 3 is 2.86 bits per heavy atom. The van der Waals surface area contributed by atoms with Crippen LogP contribution in [-0.4, -0.2) is 15.7 Å². The molecule has 0 spiro atoms. The minimum atomic E-state index is -0.189. The summed E-state index contributed by atoms with van der Waals surface area (Å²) in [6.07, 6.45) is 1.75. The van der Waals surface area contributed by atoms with Gasteiger partial charge in [0.2, 0.25) is 0 Å². The molecule has 114 valence electrons. The number of amides is 1. The molecule has 2 aromatic heterocycles. The SMILES string of the molecule is Cc1c(CNC(=O)c2sc3cc(Cl)ccc3c2Cl)cnn1C. The van der Waals surface area contributed by atoms with Crippen LogP contribution >= 0.6 is 34.5 Å². The van der Waals surface area contributed by atoms with Gasteiger partial charge in [0.25, 0.3) is 5.91 Å². The Hall–Kier alpha value is -1.56. The van der Waals surface area contributed by atoms with E-state index in [-0.39, 0.29) is 5.91 Å². The van der Waals surface area contributed by atoms with E-state index in [0.29, 0.717) is 21.5 Å². The number of aryl methyl sites for hydroxylation is 1. The molecule has 0 bridgehead atoms. The topological polar surface area (TPSA) is 46.9 Å². The summed E-state index contributed by atoms with van der Waals surface area (Å²) in [5.74, 6) is -0.189. The molecule has 3 aromatic rings. The number of nitrogens with zero attached hydrogens (tertiary/aromatic N) is 2. The molecule has 1 amide bonds. The first-order valence-electron chi connectivity index (χ1n) is 6.60. The Labute approximate surface area is 141 Å². The molecule has 1 N–H and O–H groups in total. The fourth-order valence-electron chi connectivity index (χ4n) is 2.16. The Morgan fingerprint density at radius 2 is 2.18 bits per heavy atom. The second kappa shape index (κ2) is 5.91. The number of aromatic nitrogens is 2. The summed E-state index contributed by atoms with van der Waals surface area (Å²) < 4.78 is 2.68. The molecule has 2 heterocycles. The maximum Gasteiger partial charge on any atom is 0.263 e. The third-order valence-electron chi connectivity index (χ3n) is 3.57. The largest absolute Gasteiger partial charge is 0.347 e. The number of nitrogens with one attached hydrogen (secondary N) is 1. The lowest BCUT2D eigenvalue weighted by molar-refractivity contribution is 0.0955. The van der Waals surface area contributed by atoms with Crippen LogP contribution in [0, 0.1) is 6.92 Å². The Bertz CT molecular complexity index is 869. The number of halogens is 2. The normalized spacial score (nSPS) is 11.1. The van der Waals surface area contributed by atoms with Gasteiger partial charge in [0, 0.05) is 40.0 Å². The van der Waals surface area contributed by atoms with Crippen molar-refractivity contribution in [3.63, 3.8) is 0 Å². The third kappa shape index (κ3) is 2.72. The van der Waals surface area contributed by atoms with Crippen molar-refractivity contribution in [2.45, 2.75) is 13.5 Å². The van der Waals surface area contributed by atoms with Crippen molar-refractivity contribution in [3.05, 3.63) is 50.6 Å². The number of carbonyl (C=O) groups excluding carboxylic acids is 1. The minimum Gasteiger partial charge on any atom is -0.347 e. The number of carbonyl (C=O) groups is 1. The molecular formula is C15H13Cl2N3OS. The van der Waals surface area contributed by atoms with E-state index in [1.807, 2.05) is 26.1 Å². The van der Waals surface area contributed by atoms with E-state index in [4.69, 9.17) is 23.2 Å². The molecule has 22 heavy (non-hydrogen) atoms. The third-order valence-corrected chi connectivity index (χ3v) is 5.47. The van der Waals surface area contributed by atoms with Crippen molar-refractivity contribution in [2.24, 2.45) is 7.05 Å². The van der Waals surface area contributed by atoms with Crippen LogP contribution < -0.4 is 5.32 Å². The van der Waals surface area contributed by atoms with Gasteiger partial charge in [0.1, 0.15) is 4.88 Å². The highest BCUT2D eigenvalue weighted by Gasteiger charge is 2.17. The Kier molecular flexibility index (Phi) is 4.12. The fraction of sp³-hybridized carbons (Fsp3) is 0.200. The first-order chi connectivity index (χ1) is 10.5. The first-order valence-corrected chi connectivity index (χ1v) is 8.18. The number of hydrogen-bond acceptors (Lipinski definition) is 3. The molecule has 0 aliphatic heterocycles. The van der Waals surface area contributed by atoms with Gasteiger partial charge in [-0.2, -0.15) is 5.10 Å². The average Bonchev–Trinajstić information content (AvgIpc) is 2.98. The lowest BCUT2D eigenvalue weighted by Crippen LogP contribution is -2.22. The average molecular weight is 354 g/mol.